The molecule has 0 saturated heterocycles. The molecule has 0 aliphatic heterocycles. The molecule has 1 amide bonds. The van der Waals surface area contributed by atoms with E-state index >= 15 is 0 Å². The Hall–Kier alpha value is -2.28. The van der Waals surface area contributed by atoms with Crippen molar-refractivity contribution in [2.24, 2.45) is 12.8 Å². The summed E-state index contributed by atoms with van der Waals surface area (Å²) >= 11 is 4.89. The van der Waals surface area contributed by atoms with Crippen molar-refractivity contribution >= 4 is 23.1 Å². The number of hydrogen-bond acceptors (Lipinski definition) is 4. The first-order valence-electron chi connectivity index (χ1n) is 6.09. The van der Waals surface area contributed by atoms with Gasteiger partial charge in [0.2, 0.25) is 0 Å². The van der Waals surface area contributed by atoms with E-state index in [-0.39, 0.29) is 10.9 Å². The second-order valence-electron chi connectivity index (χ2n) is 4.31. The molecule has 1 aromatic heterocycles. The molecule has 1 heterocycles. The number of aryl methyl sites for hydroxylation is 1. The number of amides is 1. The van der Waals surface area contributed by atoms with Crippen molar-refractivity contribution in [3.63, 3.8) is 0 Å². The molecule has 0 aliphatic carbocycles. The third-order valence-electron chi connectivity index (χ3n) is 2.85. The van der Waals surface area contributed by atoms with Gasteiger partial charge in [-0.1, -0.05) is 24.4 Å². The van der Waals surface area contributed by atoms with Crippen molar-refractivity contribution in [3.8, 4) is 0 Å². The van der Waals surface area contributed by atoms with Crippen molar-refractivity contribution in [3.05, 3.63) is 47.5 Å². The Labute approximate surface area is 122 Å². The number of benzene rings is 1. The van der Waals surface area contributed by atoms with Crippen molar-refractivity contribution in [1.82, 2.24) is 20.1 Å². The standard InChI is InChI=1S/C13H15N5OS/c1-18-8-16-17-11(18)5-6-15-13(19)10-4-2-3-9(7-10)12(14)20/h2-4,7-8H,5-6H2,1H3,(H2,14,20)(H,15,19). The van der Waals surface area contributed by atoms with E-state index in [2.05, 4.69) is 15.5 Å². The van der Waals surface area contributed by atoms with E-state index in [1.54, 1.807) is 30.6 Å². The van der Waals surface area contributed by atoms with Gasteiger partial charge < -0.3 is 15.6 Å². The lowest BCUT2D eigenvalue weighted by molar-refractivity contribution is 0.0954. The van der Waals surface area contributed by atoms with Crippen LogP contribution in [-0.2, 0) is 13.5 Å². The number of thiocarbonyl (C=S) groups is 1. The number of carbonyl (C=O) groups is 1. The topological polar surface area (TPSA) is 85.8 Å². The molecule has 0 atom stereocenters. The largest absolute Gasteiger partial charge is 0.389 e. The Bertz CT molecular complexity index is 637. The van der Waals surface area contributed by atoms with E-state index < -0.39 is 0 Å². The van der Waals surface area contributed by atoms with Crippen molar-refractivity contribution in [1.29, 1.82) is 0 Å². The van der Waals surface area contributed by atoms with Crippen LogP contribution in [0.3, 0.4) is 0 Å². The van der Waals surface area contributed by atoms with E-state index in [0.29, 0.717) is 24.1 Å². The Kier molecular flexibility index (Phi) is 4.41. The number of nitrogens with two attached hydrogens (primary N) is 1. The highest BCUT2D eigenvalue weighted by molar-refractivity contribution is 7.80. The van der Waals surface area contributed by atoms with Crippen LogP contribution in [0.1, 0.15) is 21.7 Å². The molecule has 7 heteroatoms. The quantitative estimate of drug-likeness (QED) is 0.779. The number of aromatic nitrogens is 3. The Morgan fingerprint density at radius 3 is 2.85 bits per heavy atom. The first kappa shape index (κ1) is 14.1. The molecule has 0 aliphatic rings. The number of nitrogens with one attached hydrogen (secondary N) is 1. The van der Waals surface area contributed by atoms with Crippen LogP contribution in [0.5, 0.6) is 0 Å². The van der Waals surface area contributed by atoms with E-state index in [0.717, 1.165) is 5.82 Å². The lowest BCUT2D eigenvalue weighted by atomic mass is 10.1. The normalized spacial score (nSPS) is 10.2. The lowest BCUT2D eigenvalue weighted by Crippen LogP contribution is -2.26. The van der Waals surface area contributed by atoms with Gasteiger partial charge in [0.15, 0.2) is 0 Å². The van der Waals surface area contributed by atoms with Crippen LogP contribution < -0.4 is 11.1 Å². The minimum atomic E-state index is -0.162. The lowest BCUT2D eigenvalue weighted by Gasteiger charge is -2.06. The molecule has 0 spiro atoms. The summed E-state index contributed by atoms with van der Waals surface area (Å²) < 4.78 is 1.82. The first-order valence-corrected chi connectivity index (χ1v) is 6.49. The molecule has 2 rings (SSSR count). The molecule has 2 aromatic rings. The molecule has 0 radical (unpaired) electrons. The Morgan fingerprint density at radius 2 is 2.20 bits per heavy atom. The summed E-state index contributed by atoms with van der Waals surface area (Å²) in [5.41, 5.74) is 6.76. The van der Waals surface area contributed by atoms with E-state index in [4.69, 9.17) is 18.0 Å². The molecule has 3 N–H and O–H groups in total. The second-order valence-corrected chi connectivity index (χ2v) is 4.75. The summed E-state index contributed by atoms with van der Waals surface area (Å²) in [6.07, 6.45) is 2.25. The third-order valence-corrected chi connectivity index (χ3v) is 3.08. The predicted molar refractivity (Wildman–Crippen MR) is 79.4 cm³/mol. The highest BCUT2D eigenvalue weighted by atomic mass is 32.1. The van der Waals surface area contributed by atoms with Crippen molar-refractivity contribution in [2.45, 2.75) is 6.42 Å². The van der Waals surface area contributed by atoms with Gasteiger partial charge in [0.25, 0.3) is 5.91 Å². The Morgan fingerprint density at radius 1 is 1.45 bits per heavy atom. The number of nitrogens with zero attached hydrogens (tertiary/aromatic N) is 3. The van der Waals surface area contributed by atoms with Gasteiger partial charge in [-0.2, -0.15) is 0 Å². The zero-order valence-electron chi connectivity index (χ0n) is 11.0. The van der Waals surface area contributed by atoms with Gasteiger partial charge in [0.05, 0.1) is 0 Å². The summed E-state index contributed by atoms with van der Waals surface area (Å²) in [5.74, 6) is 0.660. The summed E-state index contributed by atoms with van der Waals surface area (Å²) in [5, 5.41) is 10.6. The van der Waals surface area contributed by atoms with Crippen LogP contribution in [0, 0.1) is 0 Å². The molecule has 0 unspecified atom stereocenters. The van der Waals surface area contributed by atoms with Crippen LogP contribution in [0.25, 0.3) is 0 Å². The summed E-state index contributed by atoms with van der Waals surface area (Å²) in [6, 6.07) is 6.93. The smallest absolute Gasteiger partial charge is 0.251 e. The van der Waals surface area contributed by atoms with Crippen LogP contribution in [-0.4, -0.2) is 32.2 Å². The average molecular weight is 289 g/mol. The highest BCUT2D eigenvalue weighted by Crippen LogP contribution is 2.05. The molecular formula is C13H15N5OS. The van der Waals surface area contributed by atoms with E-state index in [1.807, 2.05) is 11.6 Å². The van der Waals surface area contributed by atoms with Crippen LogP contribution in [0.15, 0.2) is 30.6 Å². The fourth-order valence-corrected chi connectivity index (χ4v) is 1.86. The summed E-state index contributed by atoms with van der Waals surface area (Å²) in [6.45, 7) is 0.489. The maximum absolute atomic E-state index is 12.0. The van der Waals surface area contributed by atoms with Crippen molar-refractivity contribution < 1.29 is 4.79 Å². The van der Waals surface area contributed by atoms with Crippen LogP contribution in [0.2, 0.25) is 0 Å². The van der Waals surface area contributed by atoms with E-state index in [9.17, 15) is 4.79 Å². The molecule has 6 nitrogen and oxygen atoms in total. The SMILES string of the molecule is Cn1cnnc1CCNC(=O)c1cccc(C(N)=S)c1. The maximum Gasteiger partial charge on any atom is 0.251 e. The third kappa shape index (κ3) is 3.39. The van der Waals surface area contributed by atoms with Gasteiger partial charge in [-0.3, -0.25) is 4.79 Å². The van der Waals surface area contributed by atoms with E-state index in [1.165, 1.54) is 0 Å². The van der Waals surface area contributed by atoms with Gasteiger partial charge in [-0.15, -0.1) is 10.2 Å². The molecule has 0 bridgehead atoms. The minimum absolute atomic E-state index is 0.162. The molecular weight excluding hydrogens is 274 g/mol. The van der Waals surface area contributed by atoms with Gasteiger partial charge in [-0.05, 0) is 12.1 Å². The molecule has 104 valence electrons. The van der Waals surface area contributed by atoms with Crippen LogP contribution in [0.4, 0.5) is 0 Å². The molecule has 0 saturated carbocycles. The van der Waals surface area contributed by atoms with Crippen LogP contribution >= 0.6 is 12.2 Å². The predicted octanol–water partition coefficient (Wildman–Crippen LogP) is 0.422. The maximum atomic E-state index is 12.0. The molecule has 0 fully saturated rings. The fourth-order valence-electron chi connectivity index (χ4n) is 1.74. The average Bonchev–Trinajstić information content (AvgIpc) is 2.84. The summed E-state index contributed by atoms with van der Waals surface area (Å²) in [7, 11) is 1.86. The van der Waals surface area contributed by atoms with Gasteiger partial charge in [0, 0.05) is 31.1 Å². The monoisotopic (exact) mass is 289 g/mol. The molecule has 1 aromatic carbocycles. The first-order chi connectivity index (χ1) is 9.58. The number of hydrogen-bond donors (Lipinski definition) is 2. The zero-order chi connectivity index (χ0) is 14.5. The number of rotatable bonds is 5. The number of carbonyl (C=O) groups excluding carboxylic acids is 1. The highest BCUT2D eigenvalue weighted by Gasteiger charge is 2.07. The zero-order valence-corrected chi connectivity index (χ0v) is 11.9. The molecule has 20 heavy (non-hydrogen) atoms. The van der Waals surface area contributed by atoms with Gasteiger partial charge in [0.1, 0.15) is 17.1 Å². The fraction of sp³-hybridized carbons (Fsp3) is 0.231. The minimum Gasteiger partial charge on any atom is -0.389 e. The Balaban J connectivity index is 1.93. The summed E-state index contributed by atoms with van der Waals surface area (Å²) in [4.78, 5) is 12.3. The second kappa shape index (κ2) is 6.25. The van der Waals surface area contributed by atoms with Gasteiger partial charge in [-0.25, -0.2) is 0 Å². The van der Waals surface area contributed by atoms with Gasteiger partial charge >= 0.3 is 0 Å². The van der Waals surface area contributed by atoms with Crippen molar-refractivity contribution in [2.75, 3.05) is 6.54 Å².